The quantitative estimate of drug-likeness (QED) is 0.497. The van der Waals surface area contributed by atoms with Crippen molar-refractivity contribution < 1.29 is 4.79 Å². The van der Waals surface area contributed by atoms with E-state index < -0.39 is 0 Å². The van der Waals surface area contributed by atoms with Gasteiger partial charge >= 0.3 is 0 Å². The summed E-state index contributed by atoms with van der Waals surface area (Å²) in [6.07, 6.45) is 7.08. The first-order chi connectivity index (χ1) is 10.1. The van der Waals surface area contributed by atoms with Gasteiger partial charge in [0.2, 0.25) is 5.91 Å². The van der Waals surface area contributed by atoms with Crippen LogP contribution in [0, 0.1) is 5.92 Å². The standard InChI is InChI=1S/C16H32N4O/c1-4-17-16(18-11-10-13(2)3)19-12-15(21)20-14-8-6-5-7-9-14/h13-14H,4-12H2,1-3H3,(H,20,21)(H2,17,18,19). The van der Waals surface area contributed by atoms with Crippen molar-refractivity contribution in [3.8, 4) is 0 Å². The molecule has 21 heavy (non-hydrogen) atoms. The molecule has 0 saturated heterocycles. The summed E-state index contributed by atoms with van der Waals surface area (Å²) in [7, 11) is 0. The van der Waals surface area contributed by atoms with Crippen LogP contribution >= 0.6 is 0 Å². The molecule has 0 heterocycles. The zero-order valence-corrected chi connectivity index (χ0v) is 13.9. The highest BCUT2D eigenvalue weighted by atomic mass is 16.1. The van der Waals surface area contributed by atoms with Crippen molar-refractivity contribution in [3.63, 3.8) is 0 Å². The first kappa shape index (κ1) is 17.8. The molecule has 1 aliphatic carbocycles. The normalized spacial score (nSPS) is 16.9. The van der Waals surface area contributed by atoms with Gasteiger partial charge < -0.3 is 16.0 Å². The van der Waals surface area contributed by atoms with Gasteiger partial charge in [0.1, 0.15) is 6.54 Å². The average molecular weight is 296 g/mol. The molecule has 0 unspecified atom stereocenters. The second-order valence-corrected chi connectivity index (χ2v) is 6.21. The minimum Gasteiger partial charge on any atom is -0.357 e. The molecule has 0 spiro atoms. The lowest BCUT2D eigenvalue weighted by Crippen LogP contribution is -2.41. The van der Waals surface area contributed by atoms with Gasteiger partial charge in [0.15, 0.2) is 5.96 Å². The topological polar surface area (TPSA) is 65.5 Å². The second-order valence-electron chi connectivity index (χ2n) is 6.21. The van der Waals surface area contributed by atoms with Crippen molar-refractivity contribution in [2.75, 3.05) is 19.6 Å². The van der Waals surface area contributed by atoms with E-state index in [9.17, 15) is 4.79 Å². The summed E-state index contributed by atoms with van der Waals surface area (Å²) in [6, 6.07) is 0.359. The molecular weight excluding hydrogens is 264 g/mol. The number of guanidine groups is 1. The average Bonchev–Trinajstić information content (AvgIpc) is 2.45. The summed E-state index contributed by atoms with van der Waals surface area (Å²) >= 11 is 0. The first-order valence-electron chi connectivity index (χ1n) is 8.43. The van der Waals surface area contributed by atoms with Crippen LogP contribution in [0.1, 0.15) is 59.3 Å². The lowest BCUT2D eigenvalue weighted by Gasteiger charge is -2.22. The summed E-state index contributed by atoms with van der Waals surface area (Å²) in [4.78, 5) is 16.3. The summed E-state index contributed by atoms with van der Waals surface area (Å²) in [6.45, 7) is 8.31. The van der Waals surface area contributed by atoms with Gasteiger partial charge in [-0.3, -0.25) is 4.79 Å². The monoisotopic (exact) mass is 296 g/mol. The maximum Gasteiger partial charge on any atom is 0.242 e. The molecule has 5 heteroatoms. The number of nitrogens with one attached hydrogen (secondary N) is 3. The van der Waals surface area contributed by atoms with Crippen molar-refractivity contribution in [3.05, 3.63) is 0 Å². The van der Waals surface area contributed by atoms with Gasteiger partial charge in [-0.1, -0.05) is 33.1 Å². The van der Waals surface area contributed by atoms with E-state index in [0.717, 1.165) is 38.3 Å². The molecular formula is C16H32N4O. The lowest BCUT2D eigenvalue weighted by molar-refractivity contribution is -0.120. The van der Waals surface area contributed by atoms with Crippen LogP contribution in [0.25, 0.3) is 0 Å². The molecule has 0 aromatic heterocycles. The maximum atomic E-state index is 11.9. The smallest absolute Gasteiger partial charge is 0.242 e. The molecule has 1 amide bonds. The van der Waals surface area contributed by atoms with Crippen LogP contribution in [0.5, 0.6) is 0 Å². The Labute approximate surface area is 129 Å². The third-order valence-corrected chi connectivity index (χ3v) is 3.71. The molecule has 0 atom stereocenters. The van der Waals surface area contributed by atoms with Crippen LogP contribution in [0.2, 0.25) is 0 Å². The number of aliphatic imine (C=N–C) groups is 1. The van der Waals surface area contributed by atoms with Crippen LogP contribution < -0.4 is 16.0 Å². The van der Waals surface area contributed by atoms with Gasteiger partial charge in [-0.05, 0) is 32.1 Å². The second kappa shape index (κ2) is 10.5. The fourth-order valence-electron chi connectivity index (χ4n) is 2.49. The fraction of sp³-hybridized carbons (Fsp3) is 0.875. The highest BCUT2D eigenvalue weighted by Gasteiger charge is 2.15. The van der Waals surface area contributed by atoms with E-state index in [4.69, 9.17) is 0 Å². The van der Waals surface area contributed by atoms with Crippen molar-refractivity contribution in [2.24, 2.45) is 10.9 Å². The number of hydrogen-bond acceptors (Lipinski definition) is 2. The number of amides is 1. The number of rotatable bonds is 7. The largest absolute Gasteiger partial charge is 0.357 e. The zero-order chi connectivity index (χ0) is 15.5. The molecule has 1 saturated carbocycles. The Hall–Kier alpha value is -1.26. The minimum absolute atomic E-state index is 0.0305. The highest BCUT2D eigenvalue weighted by Crippen LogP contribution is 2.17. The molecule has 122 valence electrons. The molecule has 5 nitrogen and oxygen atoms in total. The van der Waals surface area contributed by atoms with Crippen LogP contribution in [0.4, 0.5) is 0 Å². The Bertz CT molecular complexity index is 322. The highest BCUT2D eigenvalue weighted by molar-refractivity contribution is 5.84. The summed E-state index contributed by atoms with van der Waals surface area (Å²) in [5, 5.41) is 9.53. The van der Waals surface area contributed by atoms with Gasteiger partial charge in [0, 0.05) is 19.1 Å². The minimum atomic E-state index is 0.0305. The number of carbonyl (C=O) groups is 1. The van der Waals surface area contributed by atoms with Crippen LogP contribution in [0.15, 0.2) is 4.99 Å². The van der Waals surface area contributed by atoms with E-state index >= 15 is 0 Å². The zero-order valence-electron chi connectivity index (χ0n) is 13.9. The van der Waals surface area contributed by atoms with E-state index in [1.165, 1.54) is 19.3 Å². The number of carbonyl (C=O) groups excluding carboxylic acids is 1. The number of hydrogen-bond donors (Lipinski definition) is 3. The maximum absolute atomic E-state index is 11.9. The van der Waals surface area contributed by atoms with Crippen LogP contribution in [-0.2, 0) is 4.79 Å². The van der Waals surface area contributed by atoms with Gasteiger partial charge in [-0.15, -0.1) is 0 Å². The van der Waals surface area contributed by atoms with E-state index in [0.29, 0.717) is 12.0 Å². The van der Waals surface area contributed by atoms with Crippen LogP contribution in [0.3, 0.4) is 0 Å². The van der Waals surface area contributed by atoms with E-state index in [2.05, 4.69) is 34.8 Å². The third-order valence-electron chi connectivity index (χ3n) is 3.71. The predicted octanol–water partition coefficient (Wildman–Crippen LogP) is 2.04. The van der Waals surface area contributed by atoms with E-state index in [1.54, 1.807) is 0 Å². The van der Waals surface area contributed by atoms with Crippen molar-refractivity contribution in [2.45, 2.75) is 65.3 Å². The Morgan fingerprint density at radius 3 is 2.52 bits per heavy atom. The van der Waals surface area contributed by atoms with Gasteiger partial charge in [-0.2, -0.15) is 0 Å². The molecule has 1 rings (SSSR count). The molecule has 0 bridgehead atoms. The predicted molar refractivity (Wildman–Crippen MR) is 88.5 cm³/mol. The van der Waals surface area contributed by atoms with Crippen LogP contribution in [-0.4, -0.2) is 37.5 Å². The number of nitrogens with zero attached hydrogens (tertiary/aromatic N) is 1. The Balaban J connectivity index is 2.31. The fourth-order valence-corrected chi connectivity index (χ4v) is 2.49. The summed E-state index contributed by atoms with van der Waals surface area (Å²) in [5.74, 6) is 1.43. The molecule has 3 N–H and O–H groups in total. The van der Waals surface area contributed by atoms with Gasteiger partial charge in [-0.25, -0.2) is 4.99 Å². The Kier molecular flexibility index (Phi) is 8.87. The molecule has 0 aromatic carbocycles. The first-order valence-corrected chi connectivity index (χ1v) is 8.43. The van der Waals surface area contributed by atoms with E-state index in [-0.39, 0.29) is 12.5 Å². The molecule has 1 aliphatic rings. The summed E-state index contributed by atoms with van der Waals surface area (Å²) < 4.78 is 0. The summed E-state index contributed by atoms with van der Waals surface area (Å²) in [5.41, 5.74) is 0. The van der Waals surface area contributed by atoms with Crippen molar-refractivity contribution in [1.29, 1.82) is 0 Å². The van der Waals surface area contributed by atoms with Crippen molar-refractivity contribution in [1.82, 2.24) is 16.0 Å². The SMILES string of the molecule is CCNC(=NCC(=O)NC1CCCCC1)NCCC(C)C. The molecule has 0 aromatic rings. The Morgan fingerprint density at radius 2 is 1.90 bits per heavy atom. The van der Waals surface area contributed by atoms with Crippen molar-refractivity contribution >= 4 is 11.9 Å². The van der Waals surface area contributed by atoms with Gasteiger partial charge in [0.05, 0.1) is 0 Å². The molecule has 1 fully saturated rings. The van der Waals surface area contributed by atoms with Gasteiger partial charge in [0.25, 0.3) is 0 Å². The molecule has 0 aliphatic heterocycles. The Morgan fingerprint density at radius 1 is 1.19 bits per heavy atom. The third kappa shape index (κ3) is 8.58. The van der Waals surface area contributed by atoms with E-state index in [1.807, 2.05) is 6.92 Å². The molecule has 0 radical (unpaired) electrons. The lowest BCUT2D eigenvalue weighted by atomic mass is 9.95.